The van der Waals surface area contributed by atoms with Crippen molar-refractivity contribution in [1.82, 2.24) is 5.32 Å². The molecule has 1 aromatic carbocycles. The summed E-state index contributed by atoms with van der Waals surface area (Å²) in [5.74, 6) is -1.73. The zero-order valence-electron chi connectivity index (χ0n) is 11.9. The number of rotatable bonds is 4. The van der Waals surface area contributed by atoms with Crippen LogP contribution in [0.4, 0.5) is 14.5 Å². The highest BCUT2D eigenvalue weighted by Gasteiger charge is 2.40. The van der Waals surface area contributed by atoms with Gasteiger partial charge in [-0.25, -0.2) is 8.78 Å². The Labute approximate surface area is 117 Å². The Morgan fingerprint density at radius 1 is 1.45 bits per heavy atom. The van der Waals surface area contributed by atoms with Crippen molar-refractivity contribution in [3.05, 3.63) is 29.3 Å². The molecule has 1 aliphatic heterocycles. The largest absolute Gasteiger partial charge is 0.321 e. The molecule has 1 saturated heterocycles. The first kappa shape index (κ1) is 14.9. The van der Waals surface area contributed by atoms with Gasteiger partial charge in [-0.3, -0.25) is 4.79 Å². The van der Waals surface area contributed by atoms with Gasteiger partial charge in [-0.1, -0.05) is 19.4 Å². The fourth-order valence-corrected chi connectivity index (χ4v) is 2.76. The van der Waals surface area contributed by atoms with Gasteiger partial charge in [-0.15, -0.1) is 0 Å². The highest BCUT2D eigenvalue weighted by Crippen LogP contribution is 2.33. The minimum atomic E-state index is -0.737. The Morgan fingerprint density at radius 2 is 2.20 bits per heavy atom. The maximum Gasteiger partial charge on any atom is 0.232 e. The first-order valence-electron chi connectivity index (χ1n) is 6.97. The van der Waals surface area contributed by atoms with Crippen LogP contribution in [-0.4, -0.2) is 19.0 Å². The summed E-state index contributed by atoms with van der Waals surface area (Å²) in [4.78, 5) is 12.5. The average molecular weight is 282 g/mol. The number of benzene rings is 1. The Morgan fingerprint density at radius 3 is 2.80 bits per heavy atom. The van der Waals surface area contributed by atoms with Crippen LogP contribution in [0.25, 0.3) is 0 Å². The third-order valence-corrected chi connectivity index (χ3v) is 3.98. The molecule has 0 aliphatic carbocycles. The van der Waals surface area contributed by atoms with Gasteiger partial charge in [0, 0.05) is 6.54 Å². The van der Waals surface area contributed by atoms with E-state index in [1.54, 1.807) is 6.92 Å². The number of halogens is 2. The van der Waals surface area contributed by atoms with Crippen LogP contribution < -0.4 is 10.6 Å². The highest BCUT2D eigenvalue weighted by molar-refractivity contribution is 5.96. The quantitative estimate of drug-likeness (QED) is 0.891. The SMILES string of the molecule is CCCC1(C(=O)Nc2c(F)ccc(C)c2F)CCNC1. The molecule has 0 radical (unpaired) electrons. The molecule has 1 fully saturated rings. The van der Waals surface area contributed by atoms with E-state index in [9.17, 15) is 13.6 Å². The number of aryl methyl sites for hydroxylation is 1. The molecule has 1 atom stereocenters. The lowest BCUT2D eigenvalue weighted by Gasteiger charge is -2.26. The molecule has 2 N–H and O–H groups in total. The molecule has 1 unspecified atom stereocenters. The molecule has 1 amide bonds. The summed E-state index contributed by atoms with van der Waals surface area (Å²) in [7, 11) is 0. The lowest BCUT2D eigenvalue weighted by Crippen LogP contribution is -2.38. The van der Waals surface area contributed by atoms with Crippen molar-refractivity contribution in [2.45, 2.75) is 33.1 Å². The number of amides is 1. The maximum atomic E-state index is 14.0. The number of anilines is 1. The molecular weight excluding hydrogens is 262 g/mol. The van der Waals surface area contributed by atoms with Gasteiger partial charge in [0.1, 0.15) is 11.5 Å². The van der Waals surface area contributed by atoms with Gasteiger partial charge >= 0.3 is 0 Å². The summed E-state index contributed by atoms with van der Waals surface area (Å²) in [6.45, 7) is 4.86. The van der Waals surface area contributed by atoms with Crippen LogP contribution in [0.3, 0.4) is 0 Å². The molecule has 0 spiro atoms. The van der Waals surface area contributed by atoms with Gasteiger partial charge in [-0.2, -0.15) is 0 Å². The minimum Gasteiger partial charge on any atom is -0.321 e. The van der Waals surface area contributed by atoms with Gasteiger partial charge in [0.05, 0.1) is 5.41 Å². The summed E-state index contributed by atoms with van der Waals surface area (Å²) >= 11 is 0. The van der Waals surface area contributed by atoms with E-state index in [1.165, 1.54) is 12.1 Å². The Balaban J connectivity index is 2.25. The summed E-state index contributed by atoms with van der Waals surface area (Å²) in [6, 6.07) is 2.53. The number of hydrogen-bond acceptors (Lipinski definition) is 2. The molecule has 1 heterocycles. The van der Waals surface area contributed by atoms with Crippen molar-refractivity contribution >= 4 is 11.6 Å². The van der Waals surface area contributed by atoms with Crippen molar-refractivity contribution < 1.29 is 13.6 Å². The monoisotopic (exact) mass is 282 g/mol. The minimum absolute atomic E-state index is 0.298. The fourth-order valence-electron chi connectivity index (χ4n) is 2.76. The van der Waals surface area contributed by atoms with Crippen LogP contribution in [0.5, 0.6) is 0 Å². The molecule has 2 rings (SSSR count). The molecule has 0 aromatic heterocycles. The topological polar surface area (TPSA) is 41.1 Å². The van der Waals surface area contributed by atoms with Crippen LogP contribution in [0.2, 0.25) is 0 Å². The molecule has 0 saturated carbocycles. The standard InChI is InChI=1S/C15H20F2N2O/c1-3-6-15(7-8-18-9-15)14(20)19-13-11(16)5-4-10(2)12(13)17/h4-5,18H,3,6-9H2,1-2H3,(H,19,20). The second kappa shape index (κ2) is 5.87. The normalized spacial score (nSPS) is 22.0. The number of hydrogen-bond donors (Lipinski definition) is 2. The predicted molar refractivity (Wildman–Crippen MR) is 74.6 cm³/mol. The second-order valence-electron chi connectivity index (χ2n) is 5.46. The van der Waals surface area contributed by atoms with E-state index in [-0.39, 0.29) is 11.6 Å². The predicted octanol–water partition coefficient (Wildman–Crippen LogP) is 2.99. The Bertz CT molecular complexity index is 511. The average Bonchev–Trinajstić information content (AvgIpc) is 2.89. The summed E-state index contributed by atoms with van der Waals surface area (Å²) < 4.78 is 27.7. The van der Waals surface area contributed by atoms with Crippen LogP contribution in [0.15, 0.2) is 12.1 Å². The molecule has 3 nitrogen and oxygen atoms in total. The van der Waals surface area contributed by atoms with Crippen LogP contribution in [0, 0.1) is 24.0 Å². The molecule has 0 bridgehead atoms. The molecular formula is C15H20F2N2O. The number of carbonyl (C=O) groups excluding carboxylic acids is 1. The highest BCUT2D eigenvalue weighted by atomic mass is 19.1. The van der Waals surface area contributed by atoms with Crippen molar-refractivity contribution in [2.24, 2.45) is 5.41 Å². The van der Waals surface area contributed by atoms with E-state index in [1.807, 2.05) is 6.92 Å². The third-order valence-electron chi connectivity index (χ3n) is 3.98. The Kier molecular flexibility index (Phi) is 4.38. The first-order valence-corrected chi connectivity index (χ1v) is 6.97. The second-order valence-corrected chi connectivity index (χ2v) is 5.46. The van der Waals surface area contributed by atoms with Crippen LogP contribution in [0.1, 0.15) is 31.7 Å². The van der Waals surface area contributed by atoms with E-state index in [4.69, 9.17) is 0 Å². The zero-order chi connectivity index (χ0) is 14.8. The maximum absolute atomic E-state index is 14.0. The van der Waals surface area contributed by atoms with E-state index >= 15 is 0 Å². The third kappa shape index (κ3) is 2.68. The molecule has 110 valence electrons. The van der Waals surface area contributed by atoms with Crippen LogP contribution >= 0.6 is 0 Å². The van der Waals surface area contributed by atoms with E-state index in [0.29, 0.717) is 24.9 Å². The summed E-state index contributed by atoms with van der Waals surface area (Å²) in [5.41, 5.74) is -0.578. The van der Waals surface area contributed by atoms with Gasteiger partial charge in [0.15, 0.2) is 5.82 Å². The van der Waals surface area contributed by atoms with Crippen molar-refractivity contribution in [2.75, 3.05) is 18.4 Å². The molecule has 1 aromatic rings. The zero-order valence-corrected chi connectivity index (χ0v) is 11.9. The van der Waals surface area contributed by atoms with Gasteiger partial charge in [-0.05, 0) is 37.9 Å². The van der Waals surface area contributed by atoms with Crippen molar-refractivity contribution in [3.63, 3.8) is 0 Å². The van der Waals surface area contributed by atoms with Crippen molar-refractivity contribution in [1.29, 1.82) is 0 Å². The van der Waals surface area contributed by atoms with Gasteiger partial charge in [0.25, 0.3) is 0 Å². The lowest BCUT2D eigenvalue weighted by atomic mass is 9.81. The first-order chi connectivity index (χ1) is 9.50. The van der Waals surface area contributed by atoms with Crippen LogP contribution in [-0.2, 0) is 4.79 Å². The van der Waals surface area contributed by atoms with Gasteiger partial charge < -0.3 is 10.6 Å². The van der Waals surface area contributed by atoms with E-state index in [0.717, 1.165) is 13.0 Å². The van der Waals surface area contributed by atoms with E-state index in [2.05, 4.69) is 10.6 Å². The lowest BCUT2D eigenvalue weighted by molar-refractivity contribution is -0.125. The Hall–Kier alpha value is -1.49. The number of nitrogens with one attached hydrogen (secondary N) is 2. The summed E-state index contributed by atoms with van der Waals surface area (Å²) in [6.07, 6.45) is 2.26. The number of carbonyl (C=O) groups is 1. The molecule has 20 heavy (non-hydrogen) atoms. The molecule has 5 heteroatoms. The van der Waals surface area contributed by atoms with Gasteiger partial charge in [0.2, 0.25) is 5.91 Å². The van der Waals surface area contributed by atoms with Crippen molar-refractivity contribution in [3.8, 4) is 0 Å². The fraction of sp³-hybridized carbons (Fsp3) is 0.533. The summed E-state index contributed by atoms with van der Waals surface area (Å²) in [5, 5.41) is 5.61. The smallest absolute Gasteiger partial charge is 0.232 e. The molecule has 1 aliphatic rings. The van der Waals surface area contributed by atoms with E-state index < -0.39 is 17.0 Å².